The van der Waals surface area contributed by atoms with Crippen LogP contribution in [0.25, 0.3) is 10.4 Å². The summed E-state index contributed by atoms with van der Waals surface area (Å²) in [7, 11) is -3.47. The van der Waals surface area contributed by atoms with Gasteiger partial charge in [0.1, 0.15) is 5.82 Å². The Morgan fingerprint density at radius 3 is 2.45 bits per heavy atom. The van der Waals surface area contributed by atoms with Crippen molar-refractivity contribution < 1.29 is 13.2 Å². The Kier molecular flexibility index (Phi) is 5.92. The number of aryl methyl sites for hydroxylation is 3. The molecule has 3 rings (SSSR count). The monoisotopic (exact) mass is 450 g/mol. The molecular weight excluding hydrogens is 432 g/mol. The van der Waals surface area contributed by atoms with Gasteiger partial charge >= 0.3 is 6.03 Å². The standard InChI is InChI=1S/C19H19ClN4O3S2/c1-10-7-11(2)21-16(8-10)23-18(25)24-19-22-12(3)17(28-19)13-5-6-14(20)15(9-13)29(4,26)27/h5-9H,1-4H3,(H2,21,22,23,24,25). The fourth-order valence-electron chi connectivity index (χ4n) is 2.80. The van der Waals surface area contributed by atoms with Gasteiger partial charge in [-0.15, -0.1) is 0 Å². The number of carbonyl (C=O) groups excluding carboxylic acids is 1. The van der Waals surface area contributed by atoms with Crippen LogP contribution in [0.15, 0.2) is 35.2 Å². The molecule has 2 amide bonds. The number of carbonyl (C=O) groups is 1. The topological polar surface area (TPSA) is 101 Å². The number of hydrogen-bond acceptors (Lipinski definition) is 6. The van der Waals surface area contributed by atoms with Crippen molar-refractivity contribution in [3.05, 3.63) is 52.3 Å². The Hall–Kier alpha value is -2.49. The lowest BCUT2D eigenvalue weighted by Crippen LogP contribution is -2.20. The average Bonchev–Trinajstić information content (AvgIpc) is 2.93. The van der Waals surface area contributed by atoms with Gasteiger partial charge in [0.15, 0.2) is 15.0 Å². The van der Waals surface area contributed by atoms with Gasteiger partial charge < -0.3 is 0 Å². The minimum absolute atomic E-state index is 0.0533. The second kappa shape index (κ2) is 8.10. The van der Waals surface area contributed by atoms with E-state index in [2.05, 4.69) is 20.6 Å². The van der Waals surface area contributed by atoms with Gasteiger partial charge in [0.2, 0.25) is 0 Å². The van der Waals surface area contributed by atoms with Gasteiger partial charge in [0.25, 0.3) is 0 Å². The molecule has 0 aliphatic heterocycles. The van der Waals surface area contributed by atoms with Gasteiger partial charge in [-0.05, 0) is 56.2 Å². The second-order valence-electron chi connectivity index (χ2n) is 6.60. The SMILES string of the molecule is Cc1cc(C)nc(NC(=O)Nc2nc(C)c(-c3ccc(Cl)c(S(C)(=O)=O)c3)s2)c1. The molecular formula is C19H19ClN4O3S2. The third kappa shape index (κ3) is 5.11. The van der Waals surface area contributed by atoms with E-state index in [0.717, 1.165) is 22.4 Å². The van der Waals surface area contributed by atoms with Crippen LogP contribution in [0.1, 0.15) is 17.0 Å². The van der Waals surface area contributed by atoms with Crippen LogP contribution < -0.4 is 10.6 Å². The number of nitrogens with one attached hydrogen (secondary N) is 2. The van der Waals surface area contributed by atoms with E-state index in [-0.39, 0.29) is 9.92 Å². The summed E-state index contributed by atoms with van der Waals surface area (Å²) in [6.45, 7) is 5.56. The lowest BCUT2D eigenvalue weighted by atomic mass is 10.2. The number of anilines is 2. The minimum Gasteiger partial charge on any atom is -0.292 e. The van der Waals surface area contributed by atoms with E-state index in [0.29, 0.717) is 22.2 Å². The molecule has 2 N–H and O–H groups in total. The number of rotatable bonds is 4. The maximum absolute atomic E-state index is 12.3. The fourth-order valence-corrected chi connectivity index (χ4v) is 5.06. The maximum atomic E-state index is 12.3. The molecule has 2 heterocycles. The van der Waals surface area contributed by atoms with Crippen LogP contribution in [0.3, 0.4) is 0 Å². The Bertz CT molecular complexity index is 1190. The summed E-state index contributed by atoms with van der Waals surface area (Å²) in [5, 5.41) is 5.92. The molecule has 0 unspecified atom stereocenters. The number of urea groups is 1. The first kappa shape index (κ1) is 21.2. The molecule has 1 aromatic carbocycles. The zero-order valence-corrected chi connectivity index (χ0v) is 18.6. The summed E-state index contributed by atoms with van der Waals surface area (Å²) in [5.74, 6) is 0.448. The number of hydrogen-bond donors (Lipinski definition) is 2. The van der Waals surface area contributed by atoms with Crippen LogP contribution in [0.5, 0.6) is 0 Å². The number of amides is 2. The summed E-state index contributed by atoms with van der Waals surface area (Å²) in [5.41, 5.74) is 3.12. The Morgan fingerprint density at radius 2 is 1.79 bits per heavy atom. The lowest BCUT2D eigenvalue weighted by Gasteiger charge is -2.06. The van der Waals surface area contributed by atoms with Gasteiger partial charge in [0.05, 0.1) is 20.5 Å². The highest BCUT2D eigenvalue weighted by Crippen LogP contribution is 2.35. The molecule has 0 saturated heterocycles. The zero-order chi connectivity index (χ0) is 21.3. The molecule has 29 heavy (non-hydrogen) atoms. The van der Waals surface area contributed by atoms with Crippen LogP contribution >= 0.6 is 22.9 Å². The van der Waals surface area contributed by atoms with Crippen LogP contribution in [0, 0.1) is 20.8 Å². The molecule has 0 bridgehead atoms. The van der Waals surface area contributed by atoms with Gasteiger partial charge in [-0.2, -0.15) is 0 Å². The predicted octanol–water partition coefficient (Wildman–Crippen LogP) is 4.83. The van der Waals surface area contributed by atoms with Crippen LogP contribution in [0.4, 0.5) is 15.7 Å². The number of nitrogens with zero attached hydrogens (tertiary/aromatic N) is 2. The molecule has 0 aliphatic carbocycles. The number of sulfone groups is 1. The van der Waals surface area contributed by atoms with Crippen LogP contribution in [-0.4, -0.2) is 30.7 Å². The largest absolute Gasteiger partial charge is 0.326 e. The Labute approximate surface area is 178 Å². The average molecular weight is 451 g/mol. The van der Waals surface area contributed by atoms with E-state index in [1.807, 2.05) is 19.9 Å². The van der Waals surface area contributed by atoms with Crippen LogP contribution in [-0.2, 0) is 9.84 Å². The minimum atomic E-state index is -3.47. The van der Waals surface area contributed by atoms with Crippen molar-refractivity contribution in [3.8, 4) is 10.4 Å². The number of benzene rings is 1. The molecule has 0 aliphatic rings. The Balaban J connectivity index is 1.83. The molecule has 2 aromatic heterocycles. The number of halogens is 1. The summed E-state index contributed by atoms with van der Waals surface area (Å²) in [6.07, 6.45) is 1.11. The number of thiazole rings is 1. The van der Waals surface area contributed by atoms with Crippen molar-refractivity contribution in [1.82, 2.24) is 9.97 Å². The molecule has 7 nitrogen and oxygen atoms in total. The molecule has 0 saturated carbocycles. The lowest BCUT2D eigenvalue weighted by molar-refractivity contribution is 0.262. The van der Waals surface area contributed by atoms with E-state index in [1.165, 1.54) is 23.5 Å². The highest BCUT2D eigenvalue weighted by atomic mass is 35.5. The van der Waals surface area contributed by atoms with E-state index in [1.54, 1.807) is 19.1 Å². The molecule has 0 spiro atoms. The van der Waals surface area contributed by atoms with Crippen molar-refractivity contribution in [2.45, 2.75) is 25.7 Å². The van der Waals surface area contributed by atoms with Gasteiger partial charge in [-0.3, -0.25) is 10.6 Å². The van der Waals surface area contributed by atoms with Crippen LogP contribution in [0.2, 0.25) is 5.02 Å². The van der Waals surface area contributed by atoms with Gasteiger partial charge in [-0.1, -0.05) is 29.0 Å². The van der Waals surface area contributed by atoms with E-state index in [4.69, 9.17) is 11.6 Å². The summed E-state index contributed by atoms with van der Waals surface area (Å²) < 4.78 is 23.9. The van der Waals surface area contributed by atoms with E-state index in [9.17, 15) is 13.2 Å². The van der Waals surface area contributed by atoms with E-state index >= 15 is 0 Å². The quantitative estimate of drug-likeness (QED) is 0.592. The number of aromatic nitrogens is 2. The molecule has 0 atom stereocenters. The normalized spacial score (nSPS) is 11.3. The first-order valence-corrected chi connectivity index (χ1v) is 11.6. The molecule has 0 radical (unpaired) electrons. The predicted molar refractivity (Wildman–Crippen MR) is 117 cm³/mol. The zero-order valence-electron chi connectivity index (χ0n) is 16.2. The smallest absolute Gasteiger partial charge is 0.292 e. The first-order valence-electron chi connectivity index (χ1n) is 8.53. The highest BCUT2D eigenvalue weighted by molar-refractivity contribution is 7.90. The molecule has 0 fully saturated rings. The maximum Gasteiger partial charge on any atom is 0.326 e. The van der Waals surface area contributed by atoms with Crippen molar-refractivity contribution in [2.24, 2.45) is 0 Å². The summed E-state index contributed by atoms with van der Waals surface area (Å²) >= 11 is 7.26. The van der Waals surface area contributed by atoms with Gasteiger partial charge in [-0.25, -0.2) is 23.2 Å². The van der Waals surface area contributed by atoms with Crippen molar-refractivity contribution >= 4 is 49.8 Å². The molecule has 152 valence electrons. The summed E-state index contributed by atoms with van der Waals surface area (Å²) in [4.78, 5) is 21.7. The third-order valence-electron chi connectivity index (χ3n) is 3.95. The highest BCUT2D eigenvalue weighted by Gasteiger charge is 2.17. The van der Waals surface area contributed by atoms with Crippen molar-refractivity contribution in [1.29, 1.82) is 0 Å². The Morgan fingerprint density at radius 1 is 1.07 bits per heavy atom. The molecule has 10 heteroatoms. The van der Waals surface area contributed by atoms with Gasteiger partial charge in [0, 0.05) is 11.9 Å². The van der Waals surface area contributed by atoms with E-state index < -0.39 is 15.9 Å². The van der Waals surface area contributed by atoms with Crippen molar-refractivity contribution in [3.63, 3.8) is 0 Å². The summed E-state index contributed by atoms with van der Waals surface area (Å²) in [6, 6.07) is 8.00. The number of pyridine rings is 1. The third-order valence-corrected chi connectivity index (χ3v) is 6.65. The molecule has 3 aromatic rings. The van der Waals surface area contributed by atoms with Crippen molar-refractivity contribution in [2.75, 3.05) is 16.9 Å². The first-order chi connectivity index (χ1) is 13.5. The fraction of sp³-hybridized carbons (Fsp3) is 0.211. The second-order valence-corrected chi connectivity index (χ2v) is 9.99.